The molecule has 0 aliphatic rings. The molecule has 5 N–H and O–H groups in total. The zero-order valence-electron chi connectivity index (χ0n) is 9.63. The minimum Gasteiger partial charge on any atom is -0.398 e. The van der Waals surface area contributed by atoms with Crippen molar-refractivity contribution in [3.8, 4) is 0 Å². The lowest BCUT2D eigenvalue weighted by atomic mass is 10.0. The molecular formula is C12H14N2O3S. The molecule has 0 bridgehead atoms. The Kier molecular flexibility index (Phi) is 3.25. The van der Waals surface area contributed by atoms with Gasteiger partial charge in [0.2, 0.25) is 0 Å². The molecule has 96 valence electrons. The summed E-state index contributed by atoms with van der Waals surface area (Å²) < 4.78 is 32.1. The Hall–Kier alpha value is -1.63. The number of fused-ring (bicyclic) bond motifs is 1. The first-order valence-corrected chi connectivity index (χ1v) is 6.87. The lowest BCUT2D eigenvalue weighted by molar-refractivity contribution is 0.484. The van der Waals surface area contributed by atoms with E-state index in [9.17, 15) is 13.0 Å². The molecule has 0 saturated carbocycles. The van der Waals surface area contributed by atoms with Crippen molar-refractivity contribution in [2.45, 2.75) is 11.3 Å². The topological polar surface area (TPSA) is 106 Å². The van der Waals surface area contributed by atoms with Crippen LogP contribution in [0.15, 0.2) is 35.2 Å². The Morgan fingerprint density at radius 2 is 1.89 bits per heavy atom. The maximum Gasteiger partial charge on any atom is 0.295 e. The van der Waals surface area contributed by atoms with Crippen molar-refractivity contribution >= 4 is 26.6 Å². The van der Waals surface area contributed by atoms with Crippen molar-refractivity contribution in [3.63, 3.8) is 0 Å². The molecule has 0 spiro atoms. The van der Waals surface area contributed by atoms with E-state index in [4.69, 9.17) is 11.5 Å². The predicted molar refractivity (Wildman–Crippen MR) is 70.9 cm³/mol. The van der Waals surface area contributed by atoms with Gasteiger partial charge in [-0.25, -0.2) is 0 Å². The maximum atomic E-state index is 11.4. The average Bonchev–Trinajstić information content (AvgIpc) is 2.31. The van der Waals surface area contributed by atoms with Gasteiger partial charge in [0, 0.05) is 11.1 Å². The highest BCUT2D eigenvalue weighted by Crippen LogP contribution is 2.30. The van der Waals surface area contributed by atoms with E-state index in [1.807, 2.05) is 0 Å². The summed E-state index contributed by atoms with van der Waals surface area (Å²) in [5.74, 6) is 0. The maximum absolute atomic E-state index is 11.4. The Balaban J connectivity index is 2.93. The summed E-state index contributed by atoms with van der Waals surface area (Å²) >= 11 is 0. The standard InChI is InChI=1S/C12H14N2O3S/c13-7-6-9-10(14)5-4-8-2-1-3-11(12(8)9)18(15,16)17/h1-5H,6-7,13-14H2,(H,15,16,17). The zero-order chi connectivity index (χ0) is 13.3. The van der Waals surface area contributed by atoms with E-state index in [0.717, 1.165) is 0 Å². The van der Waals surface area contributed by atoms with Crippen LogP contribution in [0.2, 0.25) is 0 Å². The molecule has 0 unspecified atom stereocenters. The number of rotatable bonds is 3. The fraction of sp³-hybridized carbons (Fsp3) is 0.167. The van der Waals surface area contributed by atoms with Gasteiger partial charge in [-0.15, -0.1) is 0 Å². The number of anilines is 1. The van der Waals surface area contributed by atoms with Gasteiger partial charge in [0.25, 0.3) is 10.1 Å². The Morgan fingerprint density at radius 1 is 1.17 bits per heavy atom. The lowest BCUT2D eigenvalue weighted by Gasteiger charge is -2.12. The van der Waals surface area contributed by atoms with Crippen LogP contribution in [0.25, 0.3) is 10.8 Å². The highest BCUT2D eigenvalue weighted by Gasteiger charge is 2.17. The molecule has 0 fully saturated rings. The summed E-state index contributed by atoms with van der Waals surface area (Å²) in [6.45, 7) is 0.350. The van der Waals surface area contributed by atoms with Crippen molar-refractivity contribution < 1.29 is 13.0 Å². The van der Waals surface area contributed by atoms with Gasteiger partial charge in [-0.05, 0) is 36.0 Å². The minimum atomic E-state index is -4.28. The first-order valence-electron chi connectivity index (χ1n) is 5.43. The van der Waals surface area contributed by atoms with Crippen LogP contribution < -0.4 is 11.5 Å². The van der Waals surface area contributed by atoms with Gasteiger partial charge in [-0.1, -0.05) is 18.2 Å². The quantitative estimate of drug-likeness (QED) is 0.571. The third kappa shape index (κ3) is 2.17. The minimum absolute atomic E-state index is 0.129. The van der Waals surface area contributed by atoms with Crippen LogP contribution in [0.4, 0.5) is 5.69 Å². The molecule has 0 amide bonds. The van der Waals surface area contributed by atoms with E-state index >= 15 is 0 Å². The third-order valence-electron chi connectivity index (χ3n) is 2.82. The summed E-state index contributed by atoms with van der Waals surface area (Å²) in [5.41, 5.74) is 12.5. The van der Waals surface area contributed by atoms with E-state index in [1.54, 1.807) is 24.3 Å². The SMILES string of the molecule is NCCc1c(N)ccc2cccc(S(=O)(=O)O)c12. The Morgan fingerprint density at radius 3 is 2.50 bits per heavy atom. The lowest BCUT2D eigenvalue weighted by Crippen LogP contribution is -2.08. The highest BCUT2D eigenvalue weighted by atomic mass is 32.2. The number of hydrogen-bond acceptors (Lipinski definition) is 4. The number of hydrogen-bond donors (Lipinski definition) is 3. The summed E-state index contributed by atoms with van der Waals surface area (Å²) in [4.78, 5) is -0.129. The molecular weight excluding hydrogens is 252 g/mol. The summed E-state index contributed by atoms with van der Waals surface area (Å²) in [7, 11) is -4.28. The number of benzene rings is 2. The number of nitrogens with two attached hydrogens (primary N) is 2. The van der Waals surface area contributed by atoms with Gasteiger partial charge in [0.15, 0.2) is 0 Å². The molecule has 0 aliphatic heterocycles. The van der Waals surface area contributed by atoms with E-state index in [-0.39, 0.29) is 4.90 Å². The van der Waals surface area contributed by atoms with Crippen LogP contribution in [-0.2, 0) is 16.5 Å². The van der Waals surface area contributed by atoms with Gasteiger partial charge in [0.05, 0.1) is 0 Å². The smallest absolute Gasteiger partial charge is 0.295 e. The number of nitrogen functional groups attached to an aromatic ring is 1. The van der Waals surface area contributed by atoms with E-state index in [1.165, 1.54) is 6.07 Å². The van der Waals surface area contributed by atoms with Crippen LogP contribution in [0.5, 0.6) is 0 Å². The molecule has 18 heavy (non-hydrogen) atoms. The van der Waals surface area contributed by atoms with Crippen LogP contribution in [0.3, 0.4) is 0 Å². The van der Waals surface area contributed by atoms with Crippen molar-refractivity contribution in [1.82, 2.24) is 0 Å². The van der Waals surface area contributed by atoms with Crippen molar-refractivity contribution in [2.24, 2.45) is 5.73 Å². The van der Waals surface area contributed by atoms with E-state index in [2.05, 4.69) is 0 Å². The van der Waals surface area contributed by atoms with Gasteiger partial charge in [0.1, 0.15) is 4.90 Å². The largest absolute Gasteiger partial charge is 0.398 e. The van der Waals surface area contributed by atoms with Gasteiger partial charge >= 0.3 is 0 Å². The van der Waals surface area contributed by atoms with Crippen LogP contribution in [-0.4, -0.2) is 19.5 Å². The molecule has 2 aromatic rings. The van der Waals surface area contributed by atoms with Crippen molar-refractivity contribution in [2.75, 3.05) is 12.3 Å². The molecule has 0 aromatic heterocycles. The molecule has 0 saturated heterocycles. The van der Waals surface area contributed by atoms with Crippen LogP contribution >= 0.6 is 0 Å². The monoisotopic (exact) mass is 266 g/mol. The fourth-order valence-electron chi connectivity index (χ4n) is 2.06. The molecule has 5 nitrogen and oxygen atoms in total. The normalized spacial score (nSPS) is 11.9. The summed E-state index contributed by atoms with van der Waals surface area (Å²) in [6, 6.07) is 8.13. The molecule has 0 atom stereocenters. The second kappa shape index (κ2) is 4.56. The van der Waals surface area contributed by atoms with Crippen LogP contribution in [0.1, 0.15) is 5.56 Å². The second-order valence-electron chi connectivity index (χ2n) is 4.00. The Bertz CT molecular complexity index is 696. The fourth-order valence-corrected chi connectivity index (χ4v) is 2.81. The van der Waals surface area contributed by atoms with Crippen LogP contribution in [0, 0.1) is 0 Å². The molecule has 6 heteroatoms. The first kappa shape index (κ1) is 12.8. The highest BCUT2D eigenvalue weighted by molar-refractivity contribution is 7.86. The molecule has 0 heterocycles. The summed E-state index contributed by atoms with van der Waals surface area (Å²) in [6.07, 6.45) is 0.454. The predicted octanol–water partition coefficient (Wildman–Crippen LogP) is 1.17. The Labute approximate surface area is 105 Å². The van der Waals surface area contributed by atoms with Gasteiger partial charge in [-0.3, -0.25) is 4.55 Å². The van der Waals surface area contributed by atoms with Crippen molar-refractivity contribution in [3.05, 3.63) is 35.9 Å². The zero-order valence-corrected chi connectivity index (χ0v) is 10.4. The molecule has 0 radical (unpaired) electrons. The van der Waals surface area contributed by atoms with Crippen molar-refractivity contribution in [1.29, 1.82) is 0 Å². The summed E-state index contributed by atoms with van der Waals surface area (Å²) in [5, 5.41) is 1.16. The van der Waals surface area contributed by atoms with Gasteiger partial charge < -0.3 is 11.5 Å². The molecule has 2 rings (SSSR count). The first-order chi connectivity index (χ1) is 8.45. The average molecular weight is 266 g/mol. The third-order valence-corrected chi connectivity index (χ3v) is 3.72. The molecule has 2 aromatic carbocycles. The second-order valence-corrected chi connectivity index (χ2v) is 5.39. The van der Waals surface area contributed by atoms with Gasteiger partial charge in [-0.2, -0.15) is 8.42 Å². The molecule has 0 aliphatic carbocycles. The van der Waals surface area contributed by atoms with E-state index < -0.39 is 10.1 Å². The van der Waals surface area contributed by atoms with E-state index in [0.29, 0.717) is 35.0 Å².